The molecule has 0 aliphatic heterocycles. The predicted octanol–water partition coefficient (Wildman–Crippen LogP) is 3.52. The summed E-state index contributed by atoms with van der Waals surface area (Å²) in [6.45, 7) is 0.847. The number of hydrogen-bond acceptors (Lipinski definition) is 3. The Hall–Kier alpha value is -1.22. The monoisotopic (exact) mass is 263 g/mol. The summed E-state index contributed by atoms with van der Waals surface area (Å²) in [6, 6.07) is 6.20. The zero-order valence-corrected chi connectivity index (χ0v) is 12.1. The van der Waals surface area contributed by atoms with Crippen molar-refractivity contribution in [2.75, 3.05) is 14.2 Å². The van der Waals surface area contributed by atoms with Crippen molar-refractivity contribution in [3.63, 3.8) is 0 Å². The third-order valence-electron chi connectivity index (χ3n) is 3.70. The molecule has 1 aliphatic carbocycles. The third kappa shape index (κ3) is 4.13. The molecule has 1 fully saturated rings. The molecule has 0 aromatic heterocycles. The molecule has 0 spiro atoms. The standard InChI is InChI=1S/C16H25NO2/c1-17-12-13-9-10-15(16(11-13)18-2)19-14-7-5-3-4-6-8-14/h9-11,14,17H,3-8,12H2,1-2H3. The maximum Gasteiger partial charge on any atom is 0.161 e. The summed E-state index contributed by atoms with van der Waals surface area (Å²) in [5.41, 5.74) is 1.22. The van der Waals surface area contributed by atoms with Crippen LogP contribution < -0.4 is 14.8 Å². The van der Waals surface area contributed by atoms with Gasteiger partial charge in [0.05, 0.1) is 13.2 Å². The summed E-state index contributed by atoms with van der Waals surface area (Å²) in [5.74, 6) is 1.73. The van der Waals surface area contributed by atoms with E-state index >= 15 is 0 Å². The fourth-order valence-electron chi connectivity index (χ4n) is 2.66. The van der Waals surface area contributed by atoms with E-state index in [-0.39, 0.29) is 0 Å². The Bertz CT molecular complexity index is 384. The van der Waals surface area contributed by atoms with Crippen molar-refractivity contribution >= 4 is 0 Å². The molecule has 1 aromatic carbocycles. The van der Waals surface area contributed by atoms with Gasteiger partial charge in [-0.3, -0.25) is 0 Å². The number of nitrogens with one attached hydrogen (secondary N) is 1. The van der Waals surface area contributed by atoms with Crippen LogP contribution in [-0.4, -0.2) is 20.3 Å². The lowest BCUT2D eigenvalue weighted by Gasteiger charge is -2.19. The summed E-state index contributed by atoms with van der Waals surface area (Å²) < 4.78 is 11.6. The van der Waals surface area contributed by atoms with Crippen molar-refractivity contribution in [2.24, 2.45) is 0 Å². The SMILES string of the molecule is CNCc1ccc(OC2CCCCCC2)c(OC)c1. The minimum absolute atomic E-state index is 0.353. The van der Waals surface area contributed by atoms with Gasteiger partial charge >= 0.3 is 0 Å². The maximum atomic E-state index is 6.15. The minimum Gasteiger partial charge on any atom is -0.493 e. The highest BCUT2D eigenvalue weighted by atomic mass is 16.5. The lowest BCUT2D eigenvalue weighted by atomic mass is 10.1. The average molecular weight is 263 g/mol. The smallest absolute Gasteiger partial charge is 0.161 e. The maximum absolute atomic E-state index is 6.15. The second kappa shape index (κ2) is 7.39. The zero-order chi connectivity index (χ0) is 13.5. The molecule has 0 saturated heterocycles. The molecular weight excluding hydrogens is 238 g/mol. The average Bonchev–Trinajstić information content (AvgIpc) is 2.69. The summed E-state index contributed by atoms with van der Waals surface area (Å²) in [4.78, 5) is 0. The first-order valence-electron chi connectivity index (χ1n) is 7.31. The van der Waals surface area contributed by atoms with Gasteiger partial charge in [-0.05, 0) is 50.4 Å². The second-order valence-electron chi connectivity index (χ2n) is 5.25. The lowest BCUT2D eigenvalue weighted by Crippen LogP contribution is -2.15. The minimum atomic E-state index is 0.353. The normalized spacial score (nSPS) is 16.9. The molecule has 1 N–H and O–H groups in total. The van der Waals surface area contributed by atoms with Crippen LogP contribution in [0.15, 0.2) is 18.2 Å². The first kappa shape index (κ1) is 14.2. The van der Waals surface area contributed by atoms with Gasteiger partial charge in [0.25, 0.3) is 0 Å². The Morgan fingerprint density at radius 3 is 2.47 bits per heavy atom. The van der Waals surface area contributed by atoms with Gasteiger partial charge in [-0.15, -0.1) is 0 Å². The van der Waals surface area contributed by atoms with E-state index in [4.69, 9.17) is 9.47 Å². The van der Waals surface area contributed by atoms with E-state index in [2.05, 4.69) is 17.4 Å². The van der Waals surface area contributed by atoms with Crippen LogP contribution in [0.3, 0.4) is 0 Å². The summed E-state index contributed by atoms with van der Waals surface area (Å²) in [5, 5.41) is 3.15. The van der Waals surface area contributed by atoms with E-state index in [0.717, 1.165) is 18.0 Å². The van der Waals surface area contributed by atoms with Gasteiger partial charge in [0.15, 0.2) is 11.5 Å². The quantitative estimate of drug-likeness (QED) is 0.825. The van der Waals surface area contributed by atoms with Crippen LogP contribution in [0.4, 0.5) is 0 Å². The fraction of sp³-hybridized carbons (Fsp3) is 0.625. The molecule has 0 atom stereocenters. The molecule has 1 saturated carbocycles. The van der Waals surface area contributed by atoms with E-state index in [1.807, 2.05) is 13.1 Å². The van der Waals surface area contributed by atoms with Gasteiger partial charge in [-0.2, -0.15) is 0 Å². The third-order valence-corrected chi connectivity index (χ3v) is 3.70. The largest absolute Gasteiger partial charge is 0.493 e. The summed E-state index contributed by atoms with van der Waals surface area (Å²) >= 11 is 0. The van der Waals surface area contributed by atoms with Crippen molar-refractivity contribution in [1.29, 1.82) is 0 Å². The van der Waals surface area contributed by atoms with Gasteiger partial charge in [0, 0.05) is 6.54 Å². The van der Waals surface area contributed by atoms with Gasteiger partial charge in [-0.25, -0.2) is 0 Å². The van der Waals surface area contributed by atoms with E-state index in [1.54, 1.807) is 7.11 Å². The van der Waals surface area contributed by atoms with Crippen LogP contribution in [0.25, 0.3) is 0 Å². The van der Waals surface area contributed by atoms with Crippen LogP contribution in [0.1, 0.15) is 44.1 Å². The van der Waals surface area contributed by atoms with Crippen molar-refractivity contribution in [2.45, 2.75) is 51.2 Å². The zero-order valence-electron chi connectivity index (χ0n) is 12.1. The van der Waals surface area contributed by atoms with Gasteiger partial charge in [-0.1, -0.05) is 18.9 Å². The molecule has 3 nitrogen and oxygen atoms in total. The van der Waals surface area contributed by atoms with E-state index in [1.165, 1.54) is 44.1 Å². The van der Waals surface area contributed by atoms with E-state index in [0.29, 0.717) is 6.10 Å². The van der Waals surface area contributed by atoms with Crippen LogP contribution in [0.2, 0.25) is 0 Å². The molecule has 0 bridgehead atoms. The number of ether oxygens (including phenoxy) is 2. The molecule has 0 amide bonds. The van der Waals surface area contributed by atoms with E-state index < -0.39 is 0 Å². The summed E-state index contributed by atoms with van der Waals surface area (Å²) in [6.07, 6.45) is 7.95. The molecule has 0 radical (unpaired) electrons. The number of methoxy groups -OCH3 is 1. The first-order chi connectivity index (χ1) is 9.33. The molecule has 1 aromatic rings. The lowest BCUT2D eigenvalue weighted by molar-refractivity contribution is 0.176. The van der Waals surface area contributed by atoms with Crippen LogP contribution in [-0.2, 0) is 6.54 Å². The highest BCUT2D eigenvalue weighted by Gasteiger charge is 2.16. The molecular formula is C16H25NO2. The topological polar surface area (TPSA) is 30.5 Å². The Morgan fingerprint density at radius 1 is 1.11 bits per heavy atom. The number of benzene rings is 1. The van der Waals surface area contributed by atoms with E-state index in [9.17, 15) is 0 Å². The Labute approximate surface area is 116 Å². The molecule has 0 heterocycles. The van der Waals surface area contributed by atoms with Gasteiger partial charge in [0.2, 0.25) is 0 Å². The van der Waals surface area contributed by atoms with Gasteiger partial charge < -0.3 is 14.8 Å². The van der Waals surface area contributed by atoms with Crippen molar-refractivity contribution in [1.82, 2.24) is 5.32 Å². The van der Waals surface area contributed by atoms with Crippen LogP contribution in [0, 0.1) is 0 Å². The van der Waals surface area contributed by atoms with Crippen molar-refractivity contribution in [3.8, 4) is 11.5 Å². The van der Waals surface area contributed by atoms with Crippen molar-refractivity contribution in [3.05, 3.63) is 23.8 Å². The molecule has 2 rings (SSSR count). The molecule has 19 heavy (non-hydrogen) atoms. The van der Waals surface area contributed by atoms with Gasteiger partial charge in [0.1, 0.15) is 0 Å². The molecule has 106 valence electrons. The highest BCUT2D eigenvalue weighted by molar-refractivity contribution is 5.43. The fourth-order valence-corrected chi connectivity index (χ4v) is 2.66. The van der Waals surface area contributed by atoms with Crippen LogP contribution in [0.5, 0.6) is 11.5 Å². The predicted molar refractivity (Wildman–Crippen MR) is 77.9 cm³/mol. The van der Waals surface area contributed by atoms with Crippen LogP contribution >= 0.6 is 0 Å². The molecule has 3 heteroatoms. The Morgan fingerprint density at radius 2 is 1.84 bits per heavy atom. The number of rotatable bonds is 5. The highest BCUT2D eigenvalue weighted by Crippen LogP contribution is 2.31. The molecule has 1 aliphatic rings. The first-order valence-corrected chi connectivity index (χ1v) is 7.31. The Balaban J connectivity index is 2.05. The van der Waals surface area contributed by atoms with Crippen molar-refractivity contribution < 1.29 is 9.47 Å². The summed E-state index contributed by atoms with van der Waals surface area (Å²) in [7, 11) is 3.65. The Kier molecular flexibility index (Phi) is 5.52. The molecule has 0 unspecified atom stereocenters. The second-order valence-corrected chi connectivity index (χ2v) is 5.25. The number of hydrogen-bond donors (Lipinski definition) is 1.